The van der Waals surface area contributed by atoms with Crippen LogP contribution >= 0.6 is 35.3 Å². The Balaban J connectivity index is 0.00000272. The van der Waals surface area contributed by atoms with Crippen molar-refractivity contribution in [2.75, 3.05) is 70.5 Å². The number of thiophene rings is 1. The van der Waals surface area contributed by atoms with Gasteiger partial charge in [0.1, 0.15) is 0 Å². The molecule has 4 rings (SSSR count). The summed E-state index contributed by atoms with van der Waals surface area (Å²) in [5.74, 6) is 1.81. The molecule has 1 unspecified atom stereocenters. The number of aromatic nitrogens is 2. The fraction of sp³-hybridized carbons (Fsp3) is 0.571. The van der Waals surface area contributed by atoms with Crippen LogP contribution in [-0.4, -0.2) is 91.3 Å². The third-order valence-electron chi connectivity index (χ3n) is 5.52. The van der Waals surface area contributed by atoms with Gasteiger partial charge in [0.05, 0.1) is 25.8 Å². The average Bonchev–Trinajstić information content (AvgIpc) is 3.35. The molecule has 0 saturated carbocycles. The molecule has 0 aromatic carbocycles. The van der Waals surface area contributed by atoms with Crippen LogP contribution in [0.1, 0.15) is 17.8 Å². The van der Waals surface area contributed by atoms with Gasteiger partial charge in [-0.3, -0.25) is 9.89 Å². The predicted molar refractivity (Wildman–Crippen MR) is 137 cm³/mol. The highest BCUT2D eigenvalue weighted by Crippen LogP contribution is 2.26. The Morgan fingerprint density at radius 1 is 1.13 bits per heavy atom. The van der Waals surface area contributed by atoms with Crippen molar-refractivity contribution in [2.45, 2.75) is 13.0 Å². The normalized spacial score (nSPS) is 19.1. The number of morpholine rings is 1. The van der Waals surface area contributed by atoms with Crippen molar-refractivity contribution in [3.63, 3.8) is 0 Å². The first kappa shape index (κ1) is 24.1. The maximum absolute atomic E-state index is 5.56. The van der Waals surface area contributed by atoms with E-state index in [0.717, 1.165) is 77.5 Å². The Kier molecular flexibility index (Phi) is 9.75. The van der Waals surface area contributed by atoms with E-state index in [0.29, 0.717) is 6.04 Å². The van der Waals surface area contributed by atoms with Gasteiger partial charge in [-0.2, -0.15) is 0 Å². The molecule has 2 aromatic rings. The number of aliphatic imine (C=N–C) groups is 1. The Bertz CT molecular complexity index is 778. The number of guanidine groups is 1. The quantitative estimate of drug-likeness (QED) is 0.332. The van der Waals surface area contributed by atoms with Crippen LogP contribution in [0.2, 0.25) is 0 Å². The van der Waals surface area contributed by atoms with Crippen molar-refractivity contribution < 1.29 is 4.74 Å². The molecular formula is C21H32IN7OS. The number of nitrogens with zero attached hydrogens (tertiary/aromatic N) is 6. The second-order valence-electron chi connectivity index (χ2n) is 7.40. The first-order valence-corrected chi connectivity index (χ1v) is 11.6. The van der Waals surface area contributed by atoms with Crippen LogP contribution in [0.25, 0.3) is 0 Å². The SMILES string of the molecule is CCNC(=NCC(c1cccs1)N1CCOCC1)N1CCN(c2ncccn2)CC1.I. The molecule has 31 heavy (non-hydrogen) atoms. The lowest BCUT2D eigenvalue weighted by Crippen LogP contribution is -2.53. The molecule has 2 aliphatic heterocycles. The lowest BCUT2D eigenvalue weighted by Gasteiger charge is -2.37. The zero-order valence-electron chi connectivity index (χ0n) is 18.0. The molecule has 1 atom stereocenters. The molecular weight excluding hydrogens is 525 g/mol. The van der Waals surface area contributed by atoms with E-state index in [1.165, 1.54) is 4.88 Å². The fourth-order valence-corrected chi connectivity index (χ4v) is 4.78. The van der Waals surface area contributed by atoms with Gasteiger partial charge in [-0.05, 0) is 24.4 Å². The predicted octanol–water partition coefficient (Wildman–Crippen LogP) is 2.32. The molecule has 4 heterocycles. The van der Waals surface area contributed by atoms with E-state index in [1.54, 1.807) is 12.4 Å². The Hall–Kier alpha value is -1.50. The monoisotopic (exact) mass is 557 g/mol. The van der Waals surface area contributed by atoms with Crippen LogP contribution < -0.4 is 10.2 Å². The van der Waals surface area contributed by atoms with Gasteiger partial charge in [0.25, 0.3) is 0 Å². The minimum Gasteiger partial charge on any atom is -0.379 e. The van der Waals surface area contributed by atoms with Crippen LogP contribution in [0.4, 0.5) is 5.95 Å². The van der Waals surface area contributed by atoms with Crippen molar-refractivity contribution in [3.8, 4) is 0 Å². The van der Waals surface area contributed by atoms with Crippen LogP contribution in [0.3, 0.4) is 0 Å². The van der Waals surface area contributed by atoms with Gasteiger partial charge < -0.3 is 19.9 Å². The molecule has 0 aliphatic carbocycles. The Labute approximate surface area is 205 Å². The number of rotatable bonds is 6. The maximum Gasteiger partial charge on any atom is 0.225 e. The summed E-state index contributed by atoms with van der Waals surface area (Å²) in [5, 5.41) is 5.65. The average molecular weight is 558 g/mol. The van der Waals surface area contributed by atoms with Crippen LogP contribution in [-0.2, 0) is 4.74 Å². The summed E-state index contributed by atoms with van der Waals surface area (Å²) in [6.45, 7) is 10.9. The van der Waals surface area contributed by atoms with Crippen molar-refractivity contribution in [1.29, 1.82) is 0 Å². The van der Waals surface area contributed by atoms with Gasteiger partial charge in [-0.15, -0.1) is 35.3 Å². The molecule has 170 valence electrons. The summed E-state index contributed by atoms with van der Waals surface area (Å²) in [4.78, 5) is 22.3. The largest absolute Gasteiger partial charge is 0.379 e. The van der Waals surface area contributed by atoms with Gasteiger partial charge in [0.2, 0.25) is 5.95 Å². The highest BCUT2D eigenvalue weighted by molar-refractivity contribution is 14.0. The molecule has 0 amide bonds. The molecule has 2 saturated heterocycles. The minimum atomic E-state index is 0. The summed E-state index contributed by atoms with van der Waals surface area (Å²) in [6.07, 6.45) is 3.60. The van der Waals surface area contributed by atoms with Crippen LogP contribution in [0.5, 0.6) is 0 Å². The summed E-state index contributed by atoms with van der Waals surface area (Å²) in [6, 6.07) is 6.52. The summed E-state index contributed by atoms with van der Waals surface area (Å²) < 4.78 is 5.56. The van der Waals surface area contributed by atoms with Gasteiger partial charge in [-0.1, -0.05) is 6.07 Å². The van der Waals surface area contributed by atoms with E-state index in [2.05, 4.69) is 54.4 Å². The number of hydrogen-bond acceptors (Lipinski definition) is 7. The molecule has 2 aliphatic rings. The topological polar surface area (TPSA) is 69.1 Å². The highest BCUT2D eigenvalue weighted by Gasteiger charge is 2.25. The molecule has 10 heteroatoms. The van der Waals surface area contributed by atoms with Gasteiger partial charge in [-0.25, -0.2) is 9.97 Å². The summed E-state index contributed by atoms with van der Waals surface area (Å²) >= 11 is 1.82. The van der Waals surface area contributed by atoms with E-state index in [1.807, 2.05) is 17.4 Å². The molecule has 2 aromatic heterocycles. The number of ether oxygens (including phenoxy) is 1. The zero-order chi connectivity index (χ0) is 20.6. The number of halogens is 1. The number of piperazine rings is 1. The van der Waals surface area contributed by atoms with Crippen LogP contribution in [0.15, 0.2) is 41.0 Å². The molecule has 0 spiro atoms. The van der Waals surface area contributed by atoms with Crippen molar-refractivity contribution in [1.82, 2.24) is 25.1 Å². The Morgan fingerprint density at radius 3 is 2.52 bits per heavy atom. The second-order valence-corrected chi connectivity index (χ2v) is 8.38. The van der Waals surface area contributed by atoms with E-state index in [-0.39, 0.29) is 24.0 Å². The first-order chi connectivity index (χ1) is 14.8. The third kappa shape index (κ3) is 6.50. The molecule has 0 bridgehead atoms. The van der Waals surface area contributed by atoms with E-state index < -0.39 is 0 Å². The first-order valence-electron chi connectivity index (χ1n) is 10.8. The van der Waals surface area contributed by atoms with Crippen molar-refractivity contribution >= 4 is 47.2 Å². The summed E-state index contributed by atoms with van der Waals surface area (Å²) in [5.41, 5.74) is 0. The minimum absolute atomic E-state index is 0. The molecule has 2 fully saturated rings. The van der Waals surface area contributed by atoms with Crippen molar-refractivity contribution in [2.24, 2.45) is 4.99 Å². The van der Waals surface area contributed by atoms with Crippen molar-refractivity contribution in [3.05, 3.63) is 40.8 Å². The van der Waals surface area contributed by atoms with E-state index >= 15 is 0 Å². The fourth-order valence-electron chi connectivity index (χ4n) is 3.93. The Morgan fingerprint density at radius 2 is 1.87 bits per heavy atom. The smallest absolute Gasteiger partial charge is 0.225 e. The van der Waals surface area contributed by atoms with E-state index in [4.69, 9.17) is 9.73 Å². The van der Waals surface area contributed by atoms with E-state index in [9.17, 15) is 0 Å². The molecule has 8 nitrogen and oxygen atoms in total. The lowest BCUT2D eigenvalue weighted by atomic mass is 10.2. The number of anilines is 1. The summed E-state index contributed by atoms with van der Waals surface area (Å²) in [7, 11) is 0. The lowest BCUT2D eigenvalue weighted by molar-refractivity contribution is 0.0186. The highest BCUT2D eigenvalue weighted by atomic mass is 127. The van der Waals surface area contributed by atoms with Crippen LogP contribution in [0, 0.1) is 0 Å². The van der Waals surface area contributed by atoms with Gasteiger partial charge >= 0.3 is 0 Å². The zero-order valence-corrected chi connectivity index (χ0v) is 21.2. The van der Waals surface area contributed by atoms with Gasteiger partial charge in [0.15, 0.2) is 5.96 Å². The third-order valence-corrected chi connectivity index (χ3v) is 6.49. The standard InChI is InChI=1S/C21H31N7OS.HI/c1-2-22-20(27-8-10-28(11-9-27)21-23-6-4-7-24-21)25-17-18(19-5-3-16-30-19)26-12-14-29-15-13-26;/h3-7,16,18H,2,8-15,17H2,1H3,(H,22,25);1H. The molecule has 0 radical (unpaired) electrons. The maximum atomic E-state index is 5.56. The number of hydrogen-bond donors (Lipinski definition) is 1. The second kappa shape index (κ2) is 12.5. The molecule has 1 N–H and O–H groups in total. The number of nitrogens with one attached hydrogen (secondary N) is 1. The van der Waals surface area contributed by atoms with Gasteiger partial charge in [0, 0.05) is 63.1 Å².